The molecule has 0 saturated heterocycles. The summed E-state index contributed by atoms with van der Waals surface area (Å²) in [6.45, 7) is 9.36. The first-order valence-electron chi connectivity index (χ1n) is 11.2. The lowest BCUT2D eigenvalue weighted by atomic mass is 9.91. The molecular formula is C27H27N3O. The molecule has 156 valence electrons. The number of aromatic nitrogens is 2. The lowest BCUT2D eigenvalue weighted by Gasteiger charge is -2.22. The molecule has 2 aromatic carbocycles. The molecule has 31 heavy (non-hydrogen) atoms. The largest absolute Gasteiger partial charge is 0.488 e. The van der Waals surface area contributed by atoms with E-state index in [0.29, 0.717) is 18.4 Å². The summed E-state index contributed by atoms with van der Waals surface area (Å²) in [7, 11) is 0. The average molecular weight is 410 g/mol. The van der Waals surface area contributed by atoms with Gasteiger partial charge in [0, 0.05) is 35.4 Å². The van der Waals surface area contributed by atoms with E-state index in [9.17, 15) is 0 Å². The highest BCUT2D eigenvalue weighted by Gasteiger charge is 2.31. The molecule has 4 nitrogen and oxygen atoms in total. The van der Waals surface area contributed by atoms with Crippen LogP contribution in [0.4, 0.5) is 0 Å². The Morgan fingerprint density at radius 2 is 1.65 bits per heavy atom. The van der Waals surface area contributed by atoms with Crippen LogP contribution in [0.25, 0.3) is 28.0 Å². The number of aromatic amines is 1. The number of ether oxygens (including phenoxy) is 1. The molecule has 0 bridgehead atoms. The summed E-state index contributed by atoms with van der Waals surface area (Å²) in [5.74, 6) is 2.93. The lowest BCUT2D eigenvalue weighted by molar-refractivity contribution is 0.302. The van der Waals surface area contributed by atoms with Crippen molar-refractivity contribution < 1.29 is 4.74 Å². The molecular weight excluding hydrogens is 382 g/mol. The SMILES string of the molecule is CC(C)C1=NC=C(c2cc3c4c(c2)OCc2cc(-c5cnc(C(C)C)[nH]5)cc(c2-4)C3)C1. The average Bonchev–Trinajstić information content (AvgIpc) is 3.49. The van der Waals surface area contributed by atoms with Gasteiger partial charge in [0.05, 0.1) is 11.9 Å². The number of aliphatic imine (C=N–C) groups is 1. The molecule has 0 atom stereocenters. The molecule has 3 aromatic rings. The number of H-pyrrole nitrogens is 1. The van der Waals surface area contributed by atoms with E-state index < -0.39 is 0 Å². The third-order valence-electron chi connectivity index (χ3n) is 6.75. The standard InChI is InChI=1S/C27H27N3O/c1-14(2)22-9-20(11-28-22)16-5-19-8-18-6-17(23-12-29-27(30-23)15(3)4)7-21-13-31-24(10-16)26(19)25(18)21/h5-7,10-12,14-15H,8-9,13H2,1-4H3,(H,29,30). The summed E-state index contributed by atoms with van der Waals surface area (Å²) in [6, 6.07) is 9.18. The van der Waals surface area contributed by atoms with E-state index in [0.717, 1.165) is 30.1 Å². The van der Waals surface area contributed by atoms with Crippen LogP contribution in [0.2, 0.25) is 0 Å². The van der Waals surface area contributed by atoms with Crippen molar-refractivity contribution in [3.8, 4) is 28.1 Å². The summed E-state index contributed by atoms with van der Waals surface area (Å²) >= 11 is 0. The number of rotatable bonds is 4. The minimum Gasteiger partial charge on any atom is -0.488 e. The highest BCUT2D eigenvalue weighted by atomic mass is 16.5. The van der Waals surface area contributed by atoms with Gasteiger partial charge in [0.25, 0.3) is 0 Å². The lowest BCUT2D eigenvalue weighted by Crippen LogP contribution is -2.07. The zero-order chi connectivity index (χ0) is 21.3. The van der Waals surface area contributed by atoms with Crippen LogP contribution in [-0.4, -0.2) is 15.7 Å². The Hall–Kier alpha value is -3.14. The van der Waals surface area contributed by atoms with E-state index in [1.54, 1.807) is 0 Å². The van der Waals surface area contributed by atoms with Crippen molar-refractivity contribution in [1.29, 1.82) is 0 Å². The first-order chi connectivity index (χ1) is 15.0. The molecule has 1 aliphatic carbocycles. The van der Waals surface area contributed by atoms with Crippen LogP contribution in [0, 0.1) is 5.92 Å². The van der Waals surface area contributed by atoms with Crippen LogP contribution in [-0.2, 0) is 13.0 Å². The van der Waals surface area contributed by atoms with E-state index in [-0.39, 0.29) is 0 Å². The molecule has 3 aliphatic rings. The predicted octanol–water partition coefficient (Wildman–Crippen LogP) is 6.51. The molecule has 1 aromatic heterocycles. The molecule has 6 rings (SSSR count). The monoisotopic (exact) mass is 409 g/mol. The van der Waals surface area contributed by atoms with Gasteiger partial charge in [-0.2, -0.15) is 0 Å². The Balaban J connectivity index is 1.39. The second-order valence-corrected chi connectivity index (χ2v) is 9.59. The van der Waals surface area contributed by atoms with Crippen LogP contribution in [0.15, 0.2) is 41.7 Å². The summed E-state index contributed by atoms with van der Waals surface area (Å²) in [5, 5.41) is 0. The summed E-state index contributed by atoms with van der Waals surface area (Å²) in [5.41, 5.74) is 12.8. The van der Waals surface area contributed by atoms with Crippen molar-refractivity contribution in [2.45, 2.75) is 53.1 Å². The summed E-state index contributed by atoms with van der Waals surface area (Å²) in [6.07, 6.45) is 5.89. The Kier molecular flexibility index (Phi) is 4.01. The molecule has 4 heteroatoms. The highest BCUT2D eigenvalue weighted by Crippen LogP contribution is 2.50. The quantitative estimate of drug-likeness (QED) is 0.418. The topological polar surface area (TPSA) is 50.3 Å². The number of nitrogens with one attached hydrogen (secondary N) is 1. The molecule has 0 saturated carbocycles. The van der Waals surface area contributed by atoms with Crippen LogP contribution in [0.3, 0.4) is 0 Å². The number of hydrogen-bond acceptors (Lipinski definition) is 3. The van der Waals surface area contributed by atoms with Gasteiger partial charge >= 0.3 is 0 Å². The van der Waals surface area contributed by atoms with Gasteiger partial charge in [-0.15, -0.1) is 0 Å². The zero-order valence-corrected chi connectivity index (χ0v) is 18.5. The Labute approximate surface area is 183 Å². The number of hydrogen-bond donors (Lipinski definition) is 1. The smallest absolute Gasteiger partial charge is 0.128 e. The van der Waals surface area contributed by atoms with Gasteiger partial charge in [-0.3, -0.25) is 4.99 Å². The molecule has 0 amide bonds. The van der Waals surface area contributed by atoms with Crippen LogP contribution in [0.1, 0.15) is 68.1 Å². The second-order valence-electron chi connectivity index (χ2n) is 9.59. The number of imidazole rings is 1. The molecule has 0 unspecified atom stereocenters. The summed E-state index contributed by atoms with van der Waals surface area (Å²) < 4.78 is 6.28. The number of allylic oxidation sites excluding steroid dienone is 1. The van der Waals surface area contributed by atoms with Gasteiger partial charge in [-0.05, 0) is 63.9 Å². The fourth-order valence-corrected chi connectivity index (χ4v) is 5.01. The van der Waals surface area contributed by atoms with E-state index >= 15 is 0 Å². The maximum atomic E-state index is 6.28. The highest BCUT2D eigenvalue weighted by molar-refractivity contribution is 6.00. The molecule has 2 aliphatic heterocycles. The Morgan fingerprint density at radius 3 is 2.39 bits per heavy atom. The predicted molar refractivity (Wildman–Crippen MR) is 126 cm³/mol. The third kappa shape index (κ3) is 2.88. The van der Waals surface area contributed by atoms with Crippen molar-refractivity contribution >= 4 is 11.3 Å². The van der Waals surface area contributed by atoms with Gasteiger partial charge in [0.15, 0.2) is 0 Å². The van der Waals surface area contributed by atoms with E-state index in [4.69, 9.17) is 4.74 Å². The first-order valence-corrected chi connectivity index (χ1v) is 11.2. The van der Waals surface area contributed by atoms with Crippen LogP contribution >= 0.6 is 0 Å². The Bertz CT molecular complexity index is 1290. The number of nitrogens with zero attached hydrogens (tertiary/aromatic N) is 2. The zero-order valence-electron chi connectivity index (χ0n) is 18.5. The van der Waals surface area contributed by atoms with Crippen LogP contribution in [0.5, 0.6) is 5.75 Å². The van der Waals surface area contributed by atoms with Gasteiger partial charge in [-0.1, -0.05) is 33.8 Å². The molecule has 0 radical (unpaired) electrons. The summed E-state index contributed by atoms with van der Waals surface area (Å²) in [4.78, 5) is 12.7. The van der Waals surface area contributed by atoms with Gasteiger partial charge in [0.1, 0.15) is 18.2 Å². The van der Waals surface area contributed by atoms with Crippen molar-refractivity contribution in [1.82, 2.24) is 9.97 Å². The van der Waals surface area contributed by atoms with Crippen molar-refractivity contribution in [2.24, 2.45) is 10.9 Å². The van der Waals surface area contributed by atoms with Crippen molar-refractivity contribution in [3.05, 3.63) is 64.7 Å². The van der Waals surface area contributed by atoms with Crippen molar-refractivity contribution in [2.75, 3.05) is 0 Å². The Morgan fingerprint density at radius 1 is 0.871 bits per heavy atom. The molecule has 1 N–H and O–H groups in total. The molecule has 0 fully saturated rings. The van der Waals surface area contributed by atoms with E-state index in [1.807, 2.05) is 12.4 Å². The third-order valence-corrected chi connectivity index (χ3v) is 6.75. The fourth-order valence-electron chi connectivity index (χ4n) is 5.01. The second kappa shape index (κ2) is 6.68. The van der Waals surface area contributed by atoms with Gasteiger partial charge in [0.2, 0.25) is 0 Å². The molecule has 0 spiro atoms. The minimum absolute atomic E-state index is 0.389. The fraction of sp³-hybridized carbons (Fsp3) is 0.333. The minimum atomic E-state index is 0.389. The normalized spacial score (nSPS) is 15.9. The maximum absolute atomic E-state index is 6.28. The van der Waals surface area contributed by atoms with Crippen molar-refractivity contribution in [3.63, 3.8) is 0 Å². The van der Waals surface area contributed by atoms with Gasteiger partial charge in [-0.25, -0.2) is 4.98 Å². The first kappa shape index (κ1) is 18.6. The van der Waals surface area contributed by atoms with E-state index in [2.05, 4.69) is 66.9 Å². The van der Waals surface area contributed by atoms with E-state index in [1.165, 1.54) is 50.2 Å². The molecule has 3 heterocycles. The number of benzene rings is 2. The maximum Gasteiger partial charge on any atom is 0.128 e. The van der Waals surface area contributed by atoms with Gasteiger partial charge < -0.3 is 9.72 Å². The van der Waals surface area contributed by atoms with Crippen LogP contribution < -0.4 is 4.74 Å².